The summed E-state index contributed by atoms with van der Waals surface area (Å²) in [7, 11) is 1.82. The lowest BCUT2D eigenvalue weighted by Crippen LogP contribution is -2.40. The molecule has 0 spiro atoms. The van der Waals surface area contributed by atoms with Gasteiger partial charge in [-0.25, -0.2) is 5.06 Å². The van der Waals surface area contributed by atoms with Gasteiger partial charge in [0.15, 0.2) is 5.11 Å². The zero-order valence-electron chi connectivity index (χ0n) is 17.8. The Morgan fingerprint density at radius 3 is 2.63 bits per heavy atom. The lowest BCUT2D eigenvalue weighted by atomic mass is 9.90. The van der Waals surface area contributed by atoms with Gasteiger partial charge in [-0.05, 0) is 62.4 Å². The van der Waals surface area contributed by atoms with E-state index < -0.39 is 0 Å². The van der Waals surface area contributed by atoms with Crippen molar-refractivity contribution in [2.75, 3.05) is 31.6 Å². The molecule has 1 heterocycles. The van der Waals surface area contributed by atoms with Crippen molar-refractivity contribution in [3.63, 3.8) is 0 Å². The molecule has 8 nitrogen and oxygen atoms in total. The molecule has 30 heavy (non-hydrogen) atoms. The first kappa shape index (κ1) is 23.8. The van der Waals surface area contributed by atoms with Crippen molar-refractivity contribution in [2.24, 2.45) is 16.6 Å². The molecule has 9 heteroatoms. The van der Waals surface area contributed by atoms with Crippen molar-refractivity contribution in [1.82, 2.24) is 15.4 Å². The Kier molecular flexibility index (Phi) is 10.9. The van der Waals surface area contributed by atoms with Crippen LogP contribution in [0.3, 0.4) is 0 Å². The normalized spacial score (nSPS) is 14.7. The summed E-state index contributed by atoms with van der Waals surface area (Å²) in [5.41, 5.74) is 6.84. The minimum absolute atomic E-state index is 0.192. The Morgan fingerprint density at radius 2 is 1.97 bits per heavy atom. The molecule has 1 aliphatic carbocycles. The molecule has 0 amide bonds. The molecule has 0 bridgehead atoms. The number of hydrogen-bond donors (Lipinski definition) is 2. The Hall–Kier alpha value is -2.44. The monoisotopic (exact) mass is 431 g/mol. The van der Waals surface area contributed by atoms with E-state index in [1.807, 2.05) is 29.1 Å². The van der Waals surface area contributed by atoms with Crippen molar-refractivity contribution in [2.45, 2.75) is 51.4 Å². The SMILES string of the molecule is CNC(=S)N(CCCCCN(C(N)=NC#N)c1ccncc1)OCC1CCCCC1. The molecule has 0 unspecified atom stereocenters. The molecule has 1 aromatic rings. The van der Waals surface area contributed by atoms with Gasteiger partial charge in [0.1, 0.15) is 0 Å². The van der Waals surface area contributed by atoms with E-state index in [2.05, 4.69) is 15.3 Å². The minimum Gasteiger partial charge on any atom is -0.369 e. The van der Waals surface area contributed by atoms with E-state index in [0.29, 0.717) is 17.6 Å². The number of aromatic nitrogens is 1. The topological polar surface area (TPSA) is 103 Å². The summed E-state index contributed by atoms with van der Waals surface area (Å²) in [6.45, 7) is 2.14. The second kappa shape index (κ2) is 13.7. The number of nitrogens with two attached hydrogens (primary N) is 1. The van der Waals surface area contributed by atoms with Crippen molar-refractivity contribution in [3.8, 4) is 6.19 Å². The summed E-state index contributed by atoms with van der Waals surface area (Å²) >= 11 is 5.40. The summed E-state index contributed by atoms with van der Waals surface area (Å²) in [4.78, 5) is 15.6. The molecule has 3 N–H and O–H groups in total. The second-order valence-corrected chi connectivity index (χ2v) is 7.83. The number of nitriles is 1. The molecule has 1 aromatic heterocycles. The smallest absolute Gasteiger partial charge is 0.211 e. The molecule has 0 aromatic carbocycles. The van der Waals surface area contributed by atoms with Gasteiger partial charge < -0.3 is 16.0 Å². The van der Waals surface area contributed by atoms with Gasteiger partial charge in [0.25, 0.3) is 0 Å². The van der Waals surface area contributed by atoms with Crippen LogP contribution in [-0.2, 0) is 4.84 Å². The van der Waals surface area contributed by atoms with Gasteiger partial charge >= 0.3 is 0 Å². The number of anilines is 1. The fourth-order valence-electron chi connectivity index (χ4n) is 3.61. The highest BCUT2D eigenvalue weighted by Gasteiger charge is 2.17. The molecule has 1 saturated carbocycles. The molecule has 1 fully saturated rings. The molecule has 164 valence electrons. The number of thiocarbonyl (C=S) groups is 1. The number of nitrogens with zero attached hydrogens (tertiary/aromatic N) is 5. The summed E-state index contributed by atoms with van der Waals surface area (Å²) in [6, 6.07) is 3.71. The van der Waals surface area contributed by atoms with Crippen molar-refractivity contribution in [1.29, 1.82) is 5.26 Å². The predicted molar refractivity (Wildman–Crippen MR) is 124 cm³/mol. The molecule has 0 saturated heterocycles. The van der Waals surface area contributed by atoms with Crippen molar-refractivity contribution in [3.05, 3.63) is 24.5 Å². The van der Waals surface area contributed by atoms with Crippen LogP contribution in [0.5, 0.6) is 0 Å². The minimum atomic E-state index is 0.192. The summed E-state index contributed by atoms with van der Waals surface area (Å²) in [5.74, 6) is 0.828. The first-order valence-electron chi connectivity index (χ1n) is 10.7. The van der Waals surface area contributed by atoms with Crippen LogP contribution in [-0.4, -0.2) is 47.9 Å². The van der Waals surface area contributed by atoms with Gasteiger partial charge in [-0.2, -0.15) is 5.26 Å². The maximum Gasteiger partial charge on any atom is 0.211 e. The number of hydrogen-bond acceptors (Lipinski definition) is 5. The Bertz CT molecular complexity index is 701. The standard InChI is InChI=1S/C21H33N7OS/c1-24-21(30)28(29-16-18-8-4-2-5-9-18)15-7-3-6-14-27(20(23)26-17-22)19-10-12-25-13-11-19/h10-13,18H,2-9,14-16H2,1H3,(H2,23,26)(H,24,30). The van der Waals surface area contributed by atoms with E-state index in [1.165, 1.54) is 32.1 Å². The first-order valence-corrected chi connectivity index (χ1v) is 11.1. The van der Waals surface area contributed by atoms with Crippen LogP contribution in [0.1, 0.15) is 51.4 Å². The third-order valence-corrected chi connectivity index (χ3v) is 5.70. The quantitative estimate of drug-likeness (QED) is 0.145. The molecule has 0 radical (unpaired) electrons. The van der Waals surface area contributed by atoms with Crippen LogP contribution in [0.4, 0.5) is 5.69 Å². The fourth-order valence-corrected chi connectivity index (χ4v) is 3.76. The Labute approximate surface area is 185 Å². The number of nitrogens with one attached hydrogen (secondary N) is 1. The molecular formula is C21H33N7OS. The van der Waals surface area contributed by atoms with Crippen LogP contribution in [0.2, 0.25) is 0 Å². The maximum absolute atomic E-state index is 8.83. The third kappa shape index (κ3) is 8.13. The van der Waals surface area contributed by atoms with Gasteiger partial charge in [0, 0.05) is 38.2 Å². The average Bonchev–Trinajstić information content (AvgIpc) is 2.79. The number of guanidine groups is 1. The predicted octanol–water partition coefficient (Wildman–Crippen LogP) is 3.17. The van der Waals surface area contributed by atoms with Crippen LogP contribution in [0.25, 0.3) is 0 Å². The van der Waals surface area contributed by atoms with E-state index in [9.17, 15) is 0 Å². The van der Waals surface area contributed by atoms with Crippen LogP contribution in [0, 0.1) is 17.4 Å². The van der Waals surface area contributed by atoms with E-state index in [4.69, 9.17) is 28.1 Å². The molecule has 2 rings (SSSR count). The van der Waals surface area contributed by atoms with Crippen molar-refractivity contribution < 1.29 is 4.84 Å². The van der Waals surface area contributed by atoms with E-state index in [1.54, 1.807) is 18.6 Å². The van der Waals surface area contributed by atoms with Gasteiger partial charge in [-0.15, -0.1) is 4.99 Å². The van der Waals surface area contributed by atoms with Crippen LogP contribution in [0.15, 0.2) is 29.5 Å². The zero-order chi connectivity index (χ0) is 21.6. The number of rotatable bonds is 10. The van der Waals surface area contributed by atoms with Crippen LogP contribution >= 0.6 is 12.2 Å². The van der Waals surface area contributed by atoms with Gasteiger partial charge in [-0.1, -0.05) is 19.3 Å². The number of hydroxylamine groups is 2. The summed E-state index contributed by atoms with van der Waals surface area (Å²) < 4.78 is 0. The van der Waals surface area contributed by atoms with Gasteiger partial charge in [0.2, 0.25) is 12.2 Å². The highest BCUT2D eigenvalue weighted by atomic mass is 32.1. The number of unbranched alkanes of at least 4 members (excludes halogenated alkanes) is 2. The molecule has 1 aliphatic rings. The van der Waals surface area contributed by atoms with Gasteiger partial charge in [-0.3, -0.25) is 9.82 Å². The Morgan fingerprint density at radius 1 is 1.27 bits per heavy atom. The largest absolute Gasteiger partial charge is 0.369 e. The highest BCUT2D eigenvalue weighted by Crippen LogP contribution is 2.24. The summed E-state index contributed by atoms with van der Waals surface area (Å²) in [6.07, 6.45) is 14.4. The number of aliphatic imine (C=N–C) groups is 1. The van der Waals surface area contributed by atoms with E-state index >= 15 is 0 Å². The highest BCUT2D eigenvalue weighted by molar-refractivity contribution is 7.80. The second-order valence-electron chi connectivity index (χ2n) is 7.44. The average molecular weight is 432 g/mol. The van der Waals surface area contributed by atoms with Crippen molar-refractivity contribution >= 4 is 29.0 Å². The number of pyridine rings is 1. The fraction of sp³-hybridized carbons (Fsp3) is 0.619. The molecule has 0 aliphatic heterocycles. The van der Waals surface area contributed by atoms with E-state index in [-0.39, 0.29) is 5.96 Å². The van der Waals surface area contributed by atoms with E-state index in [0.717, 1.165) is 38.1 Å². The lowest BCUT2D eigenvalue weighted by Gasteiger charge is -2.28. The molecular weight excluding hydrogens is 398 g/mol. The van der Waals surface area contributed by atoms with Crippen LogP contribution < -0.4 is 16.0 Å². The Balaban J connectivity index is 1.78. The zero-order valence-corrected chi connectivity index (χ0v) is 18.6. The lowest BCUT2D eigenvalue weighted by molar-refractivity contribution is -0.117. The maximum atomic E-state index is 8.83. The molecule has 0 atom stereocenters. The van der Waals surface area contributed by atoms with Gasteiger partial charge in [0.05, 0.1) is 6.61 Å². The first-order chi connectivity index (χ1) is 14.7. The summed E-state index contributed by atoms with van der Waals surface area (Å²) in [5, 5.41) is 14.3. The third-order valence-electron chi connectivity index (χ3n) is 5.29.